The number of anilines is 1. The lowest BCUT2D eigenvalue weighted by atomic mass is 10.1. The van der Waals surface area contributed by atoms with Crippen molar-refractivity contribution in [1.29, 1.82) is 0 Å². The largest absolute Gasteiger partial charge is 0.444 e. The highest BCUT2D eigenvalue weighted by Gasteiger charge is 2.16. The molecule has 0 bridgehead atoms. The second-order valence-electron chi connectivity index (χ2n) is 7.68. The number of carbonyl (C=O) groups excluding carboxylic acids is 1. The Morgan fingerprint density at radius 3 is 2.59 bits per heavy atom. The van der Waals surface area contributed by atoms with Crippen molar-refractivity contribution in [2.45, 2.75) is 39.3 Å². The Labute approximate surface area is 169 Å². The summed E-state index contributed by atoms with van der Waals surface area (Å²) in [5.41, 5.74) is 1.43. The summed E-state index contributed by atoms with van der Waals surface area (Å²) >= 11 is 0. The van der Waals surface area contributed by atoms with Gasteiger partial charge in [-0.25, -0.2) is 9.59 Å². The van der Waals surface area contributed by atoms with E-state index in [0.29, 0.717) is 17.4 Å². The van der Waals surface area contributed by atoms with Crippen molar-refractivity contribution < 1.29 is 13.9 Å². The lowest BCUT2D eigenvalue weighted by Gasteiger charge is -2.19. The van der Waals surface area contributed by atoms with Crippen molar-refractivity contribution >= 4 is 23.0 Å². The van der Waals surface area contributed by atoms with E-state index in [4.69, 9.17) is 9.15 Å². The van der Waals surface area contributed by atoms with Crippen molar-refractivity contribution in [3.05, 3.63) is 70.1 Å². The first-order chi connectivity index (χ1) is 13.8. The molecule has 0 saturated heterocycles. The van der Waals surface area contributed by atoms with Crippen molar-refractivity contribution in [3.8, 4) is 0 Å². The zero-order valence-corrected chi connectivity index (χ0v) is 16.8. The zero-order valence-electron chi connectivity index (χ0n) is 16.8. The van der Waals surface area contributed by atoms with Gasteiger partial charge in [-0.1, -0.05) is 36.4 Å². The lowest BCUT2D eigenvalue weighted by molar-refractivity contribution is 0.0523. The molecule has 0 atom stereocenters. The number of alkyl carbamates (subject to hydrolysis) is 1. The number of rotatable bonds is 6. The predicted octanol–water partition coefficient (Wildman–Crippen LogP) is 3.87. The second-order valence-corrected chi connectivity index (χ2v) is 7.68. The fourth-order valence-electron chi connectivity index (χ4n) is 2.75. The molecule has 29 heavy (non-hydrogen) atoms. The van der Waals surface area contributed by atoms with Crippen LogP contribution >= 0.6 is 0 Å². The first kappa shape index (κ1) is 20.4. The fourth-order valence-corrected chi connectivity index (χ4v) is 2.75. The summed E-state index contributed by atoms with van der Waals surface area (Å²) in [5.74, 6) is 0. The Bertz CT molecular complexity index is 1040. The second kappa shape index (κ2) is 8.77. The number of hydrogen-bond donors (Lipinski definition) is 2. The Kier molecular flexibility index (Phi) is 6.16. The summed E-state index contributed by atoms with van der Waals surface area (Å²) in [6.45, 7) is 6.23. The number of ether oxygens (including phenoxy) is 1. The Morgan fingerprint density at radius 1 is 1.10 bits per heavy atom. The molecule has 0 unspecified atom stereocenters. The van der Waals surface area contributed by atoms with Crippen LogP contribution in [0.4, 0.5) is 10.8 Å². The molecule has 0 aliphatic rings. The van der Waals surface area contributed by atoms with Crippen LogP contribution < -0.4 is 16.3 Å². The summed E-state index contributed by atoms with van der Waals surface area (Å²) < 4.78 is 10.5. The van der Waals surface area contributed by atoms with Crippen LogP contribution in [-0.2, 0) is 17.7 Å². The maximum atomic E-state index is 12.4. The molecule has 3 rings (SSSR count). The van der Waals surface area contributed by atoms with Crippen LogP contribution in [0.1, 0.15) is 31.9 Å². The van der Waals surface area contributed by atoms with Gasteiger partial charge in [0.2, 0.25) is 0 Å². The molecule has 3 aromatic rings. The molecule has 1 heterocycles. The van der Waals surface area contributed by atoms with Crippen LogP contribution in [-0.4, -0.2) is 23.2 Å². The van der Waals surface area contributed by atoms with Crippen LogP contribution in [0.5, 0.6) is 0 Å². The number of amides is 1. The summed E-state index contributed by atoms with van der Waals surface area (Å²) in [4.78, 5) is 28.5. The van der Waals surface area contributed by atoms with Gasteiger partial charge in [-0.05, 0) is 50.5 Å². The van der Waals surface area contributed by atoms with Crippen LogP contribution in [0.2, 0.25) is 0 Å². The molecule has 0 saturated carbocycles. The van der Waals surface area contributed by atoms with E-state index in [0.717, 1.165) is 12.0 Å². The highest BCUT2D eigenvalue weighted by Crippen LogP contribution is 2.14. The van der Waals surface area contributed by atoms with Crippen molar-refractivity contribution in [3.63, 3.8) is 0 Å². The Hall–Kier alpha value is -3.35. The number of aromatic nitrogens is 1. The van der Waals surface area contributed by atoms with Crippen molar-refractivity contribution in [2.75, 3.05) is 11.9 Å². The summed E-state index contributed by atoms with van der Waals surface area (Å²) in [6.07, 6.45) is 0.278. The molecule has 2 aromatic carbocycles. The third-order valence-corrected chi connectivity index (χ3v) is 4.06. The third-order valence-electron chi connectivity index (χ3n) is 4.06. The van der Waals surface area contributed by atoms with Crippen molar-refractivity contribution in [2.24, 2.45) is 0 Å². The number of hydrogen-bond acceptors (Lipinski definition) is 6. The van der Waals surface area contributed by atoms with E-state index in [2.05, 4.69) is 15.6 Å². The maximum Gasteiger partial charge on any atom is 0.407 e. The first-order valence-corrected chi connectivity index (χ1v) is 9.48. The van der Waals surface area contributed by atoms with Gasteiger partial charge >= 0.3 is 11.7 Å². The van der Waals surface area contributed by atoms with E-state index in [9.17, 15) is 9.59 Å². The predicted molar refractivity (Wildman–Crippen MR) is 112 cm³/mol. The van der Waals surface area contributed by atoms with Crippen LogP contribution in [0.25, 0.3) is 10.9 Å². The van der Waals surface area contributed by atoms with Gasteiger partial charge in [0, 0.05) is 13.1 Å². The molecule has 152 valence electrons. The number of benzene rings is 2. The minimum absolute atomic E-state index is 0.193. The minimum atomic E-state index is -0.567. The van der Waals surface area contributed by atoms with Gasteiger partial charge in [0.1, 0.15) is 5.60 Å². The number of nitrogens with one attached hydrogen (secondary N) is 2. The van der Waals surface area contributed by atoms with E-state index in [1.165, 1.54) is 5.56 Å². The van der Waals surface area contributed by atoms with Crippen LogP contribution in [0.15, 0.2) is 57.7 Å². The Morgan fingerprint density at radius 2 is 1.86 bits per heavy atom. The monoisotopic (exact) mass is 395 g/mol. The number of nitrogens with zero attached hydrogens (tertiary/aromatic N) is 1. The smallest absolute Gasteiger partial charge is 0.407 e. The van der Waals surface area contributed by atoms with Gasteiger partial charge < -0.3 is 19.8 Å². The molecule has 1 aromatic heterocycles. The SMILES string of the molecule is CC(C)(C)OC(=O)NCc1ccc2nc(NCCc3ccccc3)oc(=O)c2c1. The molecule has 7 heteroatoms. The Balaban J connectivity index is 1.64. The number of fused-ring (bicyclic) bond motifs is 1. The van der Waals surface area contributed by atoms with E-state index in [-0.39, 0.29) is 12.6 Å². The molecule has 2 N–H and O–H groups in total. The topological polar surface area (TPSA) is 93.5 Å². The maximum absolute atomic E-state index is 12.4. The third kappa shape index (κ3) is 6.07. The van der Waals surface area contributed by atoms with Gasteiger partial charge in [0.25, 0.3) is 6.01 Å². The molecule has 1 amide bonds. The fraction of sp³-hybridized carbons (Fsp3) is 0.318. The lowest BCUT2D eigenvalue weighted by Crippen LogP contribution is -2.32. The molecule has 7 nitrogen and oxygen atoms in total. The molecule has 0 radical (unpaired) electrons. The average molecular weight is 395 g/mol. The standard InChI is InChI=1S/C22H25N3O4/c1-22(2,3)29-21(27)24-14-16-9-10-18-17(13-16)19(26)28-20(25-18)23-12-11-15-7-5-4-6-8-15/h4-10,13H,11-12,14H2,1-3H3,(H,23,25)(H,24,27). The van der Waals surface area contributed by atoms with Gasteiger partial charge in [0.05, 0.1) is 10.9 Å². The highest BCUT2D eigenvalue weighted by molar-refractivity contribution is 5.78. The normalized spacial score (nSPS) is 11.3. The molecule has 0 fully saturated rings. The summed E-state index contributed by atoms with van der Waals surface area (Å²) in [6, 6.07) is 15.4. The molecular weight excluding hydrogens is 370 g/mol. The average Bonchev–Trinajstić information content (AvgIpc) is 2.66. The minimum Gasteiger partial charge on any atom is -0.444 e. The van der Waals surface area contributed by atoms with E-state index < -0.39 is 17.3 Å². The zero-order chi connectivity index (χ0) is 20.9. The van der Waals surface area contributed by atoms with Gasteiger partial charge in [-0.3, -0.25) is 0 Å². The summed E-state index contributed by atoms with van der Waals surface area (Å²) in [5, 5.41) is 6.08. The van der Waals surface area contributed by atoms with Gasteiger partial charge in [-0.2, -0.15) is 4.98 Å². The molecule has 0 aliphatic carbocycles. The van der Waals surface area contributed by atoms with Gasteiger partial charge in [0.15, 0.2) is 0 Å². The molecule has 0 aliphatic heterocycles. The van der Waals surface area contributed by atoms with Crippen LogP contribution in [0.3, 0.4) is 0 Å². The van der Waals surface area contributed by atoms with Crippen LogP contribution in [0, 0.1) is 0 Å². The highest BCUT2D eigenvalue weighted by atomic mass is 16.6. The molecular formula is C22H25N3O4. The van der Waals surface area contributed by atoms with E-state index in [1.807, 2.05) is 30.3 Å². The quantitative estimate of drug-likeness (QED) is 0.658. The van der Waals surface area contributed by atoms with E-state index in [1.54, 1.807) is 39.0 Å². The summed E-state index contributed by atoms with van der Waals surface area (Å²) in [7, 11) is 0. The molecule has 0 spiro atoms. The van der Waals surface area contributed by atoms with E-state index >= 15 is 0 Å². The van der Waals surface area contributed by atoms with Gasteiger partial charge in [-0.15, -0.1) is 0 Å². The van der Waals surface area contributed by atoms with Crippen molar-refractivity contribution in [1.82, 2.24) is 10.3 Å². The first-order valence-electron chi connectivity index (χ1n) is 9.48. The number of carbonyl (C=O) groups is 1.